The van der Waals surface area contributed by atoms with Crippen molar-refractivity contribution in [3.8, 4) is 0 Å². The summed E-state index contributed by atoms with van der Waals surface area (Å²) in [5, 5.41) is 0. The van der Waals surface area contributed by atoms with Crippen molar-refractivity contribution in [2.75, 3.05) is 37.6 Å². The predicted octanol–water partition coefficient (Wildman–Crippen LogP) is 3.94. The van der Waals surface area contributed by atoms with Gasteiger partial charge in [-0.1, -0.05) is 22.9 Å². The molecule has 0 bridgehead atoms. The SMILES string of the molecule is CC1CCCN(C(N)=NCC2CCN(c3ccc(Br)cc3)C2)C1.I. The zero-order valence-corrected chi connectivity index (χ0v) is 18.2. The van der Waals surface area contributed by atoms with E-state index in [4.69, 9.17) is 10.7 Å². The van der Waals surface area contributed by atoms with Gasteiger partial charge in [0.25, 0.3) is 0 Å². The highest BCUT2D eigenvalue weighted by molar-refractivity contribution is 14.0. The molecule has 2 N–H and O–H groups in total. The summed E-state index contributed by atoms with van der Waals surface area (Å²) in [7, 11) is 0. The van der Waals surface area contributed by atoms with Gasteiger partial charge in [0, 0.05) is 42.9 Å². The largest absolute Gasteiger partial charge is 0.371 e. The van der Waals surface area contributed by atoms with Gasteiger partial charge in [-0.2, -0.15) is 0 Å². The van der Waals surface area contributed by atoms with Gasteiger partial charge >= 0.3 is 0 Å². The molecule has 2 aliphatic heterocycles. The molecule has 0 amide bonds. The minimum Gasteiger partial charge on any atom is -0.371 e. The standard InChI is InChI=1S/C18H27BrN4.HI/c1-14-3-2-9-23(12-14)18(20)21-11-15-8-10-22(13-15)17-6-4-16(19)5-7-17;/h4-7,14-15H,2-3,8-13H2,1H3,(H2,20,21);1H. The van der Waals surface area contributed by atoms with Crippen molar-refractivity contribution in [3.63, 3.8) is 0 Å². The molecule has 0 spiro atoms. The first-order chi connectivity index (χ1) is 11.1. The zero-order valence-electron chi connectivity index (χ0n) is 14.3. The summed E-state index contributed by atoms with van der Waals surface area (Å²) in [5.74, 6) is 2.09. The number of guanidine groups is 1. The van der Waals surface area contributed by atoms with Crippen LogP contribution < -0.4 is 10.6 Å². The maximum absolute atomic E-state index is 6.21. The van der Waals surface area contributed by atoms with E-state index in [1.54, 1.807) is 0 Å². The molecule has 2 heterocycles. The number of likely N-dealkylation sites (tertiary alicyclic amines) is 1. The van der Waals surface area contributed by atoms with Crippen LogP contribution in [0.5, 0.6) is 0 Å². The predicted molar refractivity (Wildman–Crippen MR) is 116 cm³/mol. The Bertz CT molecular complexity index is 548. The Balaban J connectivity index is 0.00000208. The first-order valence-electron chi connectivity index (χ1n) is 8.67. The fourth-order valence-electron chi connectivity index (χ4n) is 3.59. The second-order valence-electron chi connectivity index (χ2n) is 6.97. The number of piperidine rings is 1. The van der Waals surface area contributed by atoms with E-state index in [-0.39, 0.29) is 24.0 Å². The molecular weight excluding hydrogens is 479 g/mol. The number of hydrogen-bond acceptors (Lipinski definition) is 2. The van der Waals surface area contributed by atoms with Crippen molar-refractivity contribution in [2.45, 2.75) is 26.2 Å². The summed E-state index contributed by atoms with van der Waals surface area (Å²) in [4.78, 5) is 9.40. The van der Waals surface area contributed by atoms with E-state index in [9.17, 15) is 0 Å². The third-order valence-corrected chi connectivity index (χ3v) is 5.50. The first kappa shape index (κ1) is 19.8. The van der Waals surface area contributed by atoms with Crippen LogP contribution in [-0.4, -0.2) is 43.6 Å². The summed E-state index contributed by atoms with van der Waals surface area (Å²) in [6.45, 7) is 7.47. The van der Waals surface area contributed by atoms with Crippen LogP contribution in [0.1, 0.15) is 26.2 Å². The number of rotatable bonds is 3. The van der Waals surface area contributed by atoms with Crippen LogP contribution in [0.2, 0.25) is 0 Å². The van der Waals surface area contributed by atoms with Crippen LogP contribution in [0.3, 0.4) is 0 Å². The Morgan fingerprint density at radius 3 is 2.67 bits per heavy atom. The molecule has 0 aliphatic carbocycles. The number of hydrogen-bond donors (Lipinski definition) is 1. The monoisotopic (exact) mass is 506 g/mol. The molecule has 2 aliphatic rings. The highest BCUT2D eigenvalue weighted by atomic mass is 127. The van der Waals surface area contributed by atoms with Crippen LogP contribution in [0.25, 0.3) is 0 Å². The van der Waals surface area contributed by atoms with Crippen molar-refractivity contribution in [3.05, 3.63) is 28.7 Å². The van der Waals surface area contributed by atoms with Gasteiger partial charge in [0.05, 0.1) is 0 Å². The highest BCUT2D eigenvalue weighted by Crippen LogP contribution is 2.25. The summed E-state index contributed by atoms with van der Waals surface area (Å²) < 4.78 is 1.13. The van der Waals surface area contributed by atoms with E-state index in [2.05, 4.69) is 56.9 Å². The van der Waals surface area contributed by atoms with E-state index < -0.39 is 0 Å². The first-order valence-corrected chi connectivity index (χ1v) is 9.46. The second kappa shape index (κ2) is 9.27. The quantitative estimate of drug-likeness (QED) is 0.383. The van der Waals surface area contributed by atoms with Gasteiger partial charge in [0.1, 0.15) is 0 Å². The lowest BCUT2D eigenvalue weighted by Crippen LogP contribution is -2.43. The number of nitrogens with zero attached hydrogens (tertiary/aromatic N) is 3. The van der Waals surface area contributed by atoms with Gasteiger partial charge in [0.2, 0.25) is 0 Å². The molecule has 2 atom stereocenters. The Morgan fingerprint density at radius 1 is 1.21 bits per heavy atom. The third kappa shape index (κ3) is 5.25. The van der Waals surface area contributed by atoms with Crippen LogP contribution in [0.4, 0.5) is 5.69 Å². The molecule has 4 nitrogen and oxygen atoms in total. The average molecular weight is 507 g/mol. The van der Waals surface area contributed by atoms with Crippen molar-refractivity contribution < 1.29 is 0 Å². The third-order valence-electron chi connectivity index (χ3n) is 4.97. The molecular formula is C18H28BrIN4. The second-order valence-corrected chi connectivity index (χ2v) is 7.89. The maximum Gasteiger partial charge on any atom is 0.191 e. The van der Waals surface area contributed by atoms with Crippen LogP contribution in [0, 0.1) is 11.8 Å². The van der Waals surface area contributed by atoms with Gasteiger partial charge < -0.3 is 15.5 Å². The average Bonchev–Trinajstić information content (AvgIpc) is 3.02. The van der Waals surface area contributed by atoms with Gasteiger partial charge in [-0.25, -0.2) is 0 Å². The number of anilines is 1. The van der Waals surface area contributed by atoms with Crippen molar-refractivity contribution in [1.82, 2.24) is 4.90 Å². The summed E-state index contributed by atoms with van der Waals surface area (Å²) in [6, 6.07) is 8.57. The molecule has 2 saturated heterocycles. The van der Waals surface area contributed by atoms with Gasteiger partial charge in [-0.05, 0) is 55.4 Å². The number of nitrogens with two attached hydrogens (primary N) is 1. The van der Waals surface area contributed by atoms with Crippen LogP contribution >= 0.6 is 39.9 Å². The lowest BCUT2D eigenvalue weighted by molar-refractivity contribution is 0.270. The van der Waals surface area contributed by atoms with E-state index >= 15 is 0 Å². The Morgan fingerprint density at radius 2 is 1.96 bits per heavy atom. The molecule has 2 unspecified atom stereocenters. The fourth-order valence-corrected chi connectivity index (χ4v) is 3.85. The number of halogens is 2. The molecule has 24 heavy (non-hydrogen) atoms. The Labute approximate surface area is 171 Å². The Kier molecular flexibility index (Phi) is 7.65. The van der Waals surface area contributed by atoms with Gasteiger partial charge in [-0.3, -0.25) is 4.99 Å². The van der Waals surface area contributed by atoms with Gasteiger partial charge in [0.15, 0.2) is 5.96 Å². The van der Waals surface area contributed by atoms with Crippen LogP contribution in [0.15, 0.2) is 33.7 Å². The lowest BCUT2D eigenvalue weighted by Gasteiger charge is -2.31. The number of aliphatic imine (C=N–C) groups is 1. The van der Waals surface area contributed by atoms with E-state index in [1.165, 1.54) is 24.9 Å². The van der Waals surface area contributed by atoms with E-state index in [0.717, 1.165) is 49.1 Å². The van der Waals surface area contributed by atoms with E-state index in [1.807, 2.05) is 0 Å². The molecule has 6 heteroatoms. The smallest absolute Gasteiger partial charge is 0.191 e. The minimum absolute atomic E-state index is 0. The topological polar surface area (TPSA) is 44.9 Å². The van der Waals surface area contributed by atoms with Gasteiger partial charge in [-0.15, -0.1) is 24.0 Å². The maximum atomic E-state index is 6.21. The minimum atomic E-state index is 0. The fraction of sp³-hybridized carbons (Fsp3) is 0.611. The van der Waals surface area contributed by atoms with E-state index in [0.29, 0.717) is 5.92 Å². The molecule has 3 rings (SSSR count). The molecule has 0 aromatic heterocycles. The zero-order chi connectivity index (χ0) is 16.2. The molecule has 1 aromatic carbocycles. The Hall–Kier alpha value is -0.500. The number of benzene rings is 1. The molecule has 134 valence electrons. The summed E-state index contributed by atoms with van der Waals surface area (Å²) in [5.41, 5.74) is 7.51. The molecule has 0 saturated carbocycles. The highest BCUT2D eigenvalue weighted by Gasteiger charge is 2.23. The summed E-state index contributed by atoms with van der Waals surface area (Å²) >= 11 is 3.49. The normalized spacial score (nSPS) is 24.8. The molecule has 0 radical (unpaired) electrons. The van der Waals surface area contributed by atoms with Crippen molar-refractivity contribution in [2.24, 2.45) is 22.6 Å². The molecule has 2 fully saturated rings. The van der Waals surface area contributed by atoms with Crippen molar-refractivity contribution in [1.29, 1.82) is 0 Å². The van der Waals surface area contributed by atoms with Crippen molar-refractivity contribution >= 4 is 51.6 Å². The molecule has 1 aromatic rings. The lowest BCUT2D eigenvalue weighted by atomic mass is 10.0. The van der Waals surface area contributed by atoms with Crippen LogP contribution in [-0.2, 0) is 0 Å². The summed E-state index contributed by atoms with van der Waals surface area (Å²) in [6.07, 6.45) is 3.75.